The van der Waals surface area contributed by atoms with Crippen molar-refractivity contribution in [2.45, 2.75) is 25.8 Å². The smallest absolute Gasteiger partial charge is 0.225 e. The van der Waals surface area contributed by atoms with E-state index >= 15 is 0 Å². The highest BCUT2D eigenvalue weighted by molar-refractivity contribution is 9.10. The summed E-state index contributed by atoms with van der Waals surface area (Å²) in [5.74, 6) is -0.0997. The van der Waals surface area contributed by atoms with Crippen LogP contribution in [0.3, 0.4) is 0 Å². The molecule has 1 atom stereocenters. The van der Waals surface area contributed by atoms with Gasteiger partial charge in [0.2, 0.25) is 5.91 Å². The minimum atomic E-state index is -0.0997. The lowest BCUT2D eigenvalue weighted by Gasteiger charge is -2.11. The highest BCUT2D eigenvalue weighted by Gasteiger charge is 2.10. The molecule has 0 aliphatic heterocycles. The first kappa shape index (κ1) is 13.5. The normalized spacial score (nSPS) is 12.2. The number of carbonyl (C=O) groups is 1. The predicted octanol–water partition coefficient (Wildman–Crippen LogP) is 3.17. The van der Waals surface area contributed by atoms with Crippen LogP contribution in [0.4, 0.5) is 5.69 Å². The number of nitrogens with one attached hydrogen (secondary N) is 1. The van der Waals surface area contributed by atoms with Crippen LogP contribution in [0.25, 0.3) is 0 Å². The first-order chi connectivity index (χ1) is 7.54. The van der Waals surface area contributed by atoms with Gasteiger partial charge >= 0.3 is 0 Å². The lowest BCUT2D eigenvalue weighted by atomic mass is 10.1. The molecule has 0 fully saturated rings. The summed E-state index contributed by atoms with van der Waals surface area (Å²) in [6.07, 6.45) is 1.10. The Morgan fingerprint density at radius 1 is 1.62 bits per heavy atom. The fraction of sp³-hybridized carbons (Fsp3) is 0.364. The molecule has 16 heavy (non-hydrogen) atoms. The van der Waals surface area contributed by atoms with Crippen LogP contribution in [0.15, 0.2) is 22.7 Å². The van der Waals surface area contributed by atoms with E-state index in [-0.39, 0.29) is 11.9 Å². The quantitative estimate of drug-likeness (QED) is 0.897. The largest absolute Gasteiger partial charge is 0.327 e. The lowest BCUT2D eigenvalue weighted by Crippen LogP contribution is -2.26. The molecule has 0 saturated heterocycles. The SMILES string of the molecule is CCC(N)CC(=O)Nc1cccc(Cl)c1Br. The number of rotatable bonds is 4. The van der Waals surface area contributed by atoms with Crippen LogP contribution in [0, 0.1) is 0 Å². The van der Waals surface area contributed by atoms with Gasteiger partial charge in [-0.05, 0) is 34.5 Å². The zero-order valence-electron chi connectivity index (χ0n) is 8.97. The molecule has 0 saturated carbocycles. The van der Waals surface area contributed by atoms with Crippen molar-refractivity contribution in [2.75, 3.05) is 5.32 Å². The van der Waals surface area contributed by atoms with Crippen LogP contribution in [0.1, 0.15) is 19.8 Å². The summed E-state index contributed by atoms with van der Waals surface area (Å²) in [5, 5.41) is 3.33. The number of benzene rings is 1. The Morgan fingerprint density at radius 3 is 2.94 bits per heavy atom. The molecular formula is C11H14BrClN2O. The van der Waals surface area contributed by atoms with E-state index in [1.807, 2.05) is 6.92 Å². The Morgan fingerprint density at radius 2 is 2.31 bits per heavy atom. The molecule has 5 heteroatoms. The van der Waals surface area contributed by atoms with Gasteiger partial charge in [0.05, 0.1) is 15.2 Å². The number of carbonyl (C=O) groups excluding carboxylic acids is 1. The van der Waals surface area contributed by atoms with Crippen LogP contribution in [0.2, 0.25) is 5.02 Å². The van der Waals surface area contributed by atoms with E-state index in [0.29, 0.717) is 21.6 Å². The third-order valence-electron chi connectivity index (χ3n) is 2.20. The minimum absolute atomic E-state index is 0.0991. The van der Waals surface area contributed by atoms with E-state index in [2.05, 4.69) is 21.2 Å². The van der Waals surface area contributed by atoms with Gasteiger partial charge in [0.25, 0.3) is 0 Å². The Kier molecular flexibility index (Phi) is 5.25. The summed E-state index contributed by atoms with van der Waals surface area (Å²) in [6, 6.07) is 5.21. The molecule has 3 nitrogen and oxygen atoms in total. The van der Waals surface area contributed by atoms with Crippen molar-refractivity contribution in [3.63, 3.8) is 0 Å². The number of anilines is 1. The molecule has 3 N–H and O–H groups in total. The molecule has 1 aromatic carbocycles. The minimum Gasteiger partial charge on any atom is -0.327 e. The number of nitrogens with two attached hydrogens (primary N) is 1. The fourth-order valence-electron chi connectivity index (χ4n) is 1.18. The molecule has 0 aliphatic carbocycles. The van der Waals surface area contributed by atoms with Gasteiger partial charge in [-0.15, -0.1) is 0 Å². The number of hydrogen-bond donors (Lipinski definition) is 2. The third kappa shape index (κ3) is 3.77. The van der Waals surface area contributed by atoms with Gasteiger partial charge in [-0.25, -0.2) is 0 Å². The lowest BCUT2D eigenvalue weighted by molar-refractivity contribution is -0.116. The monoisotopic (exact) mass is 304 g/mol. The first-order valence-corrected chi connectivity index (χ1v) is 6.21. The maximum Gasteiger partial charge on any atom is 0.225 e. The summed E-state index contributed by atoms with van der Waals surface area (Å²) in [5.41, 5.74) is 6.36. The third-order valence-corrected chi connectivity index (χ3v) is 3.60. The van der Waals surface area contributed by atoms with Gasteiger partial charge in [0, 0.05) is 12.5 Å². The maximum atomic E-state index is 11.6. The van der Waals surface area contributed by atoms with E-state index in [1.165, 1.54) is 0 Å². The topological polar surface area (TPSA) is 55.1 Å². The molecule has 0 radical (unpaired) electrons. The number of amides is 1. The molecule has 1 amide bonds. The maximum absolute atomic E-state index is 11.6. The van der Waals surface area contributed by atoms with Gasteiger partial charge in [0.15, 0.2) is 0 Å². The second-order valence-electron chi connectivity index (χ2n) is 3.52. The van der Waals surface area contributed by atoms with Gasteiger partial charge in [-0.3, -0.25) is 4.79 Å². The molecule has 0 heterocycles. The molecule has 0 aliphatic rings. The standard InChI is InChI=1S/C11H14BrClN2O/c1-2-7(14)6-10(16)15-9-5-3-4-8(13)11(9)12/h3-5,7H,2,6,14H2,1H3,(H,15,16). The van der Waals surface area contributed by atoms with E-state index in [0.717, 1.165) is 6.42 Å². The summed E-state index contributed by atoms with van der Waals surface area (Å²) < 4.78 is 0.690. The summed E-state index contributed by atoms with van der Waals surface area (Å²) >= 11 is 9.22. The fourth-order valence-corrected chi connectivity index (χ4v) is 1.72. The number of hydrogen-bond acceptors (Lipinski definition) is 2. The zero-order chi connectivity index (χ0) is 12.1. The van der Waals surface area contributed by atoms with Crippen molar-refractivity contribution in [3.05, 3.63) is 27.7 Å². The molecule has 0 aromatic heterocycles. The summed E-state index contributed by atoms with van der Waals surface area (Å²) in [6.45, 7) is 1.95. The van der Waals surface area contributed by atoms with Gasteiger partial charge in [-0.2, -0.15) is 0 Å². The molecule has 0 bridgehead atoms. The number of halogens is 2. The van der Waals surface area contributed by atoms with Crippen LogP contribution in [-0.4, -0.2) is 11.9 Å². The van der Waals surface area contributed by atoms with Crippen LogP contribution in [0.5, 0.6) is 0 Å². The Bertz CT molecular complexity index is 384. The van der Waals surface area contributed by atoms with E-state index < -0.39 is 0 Å². The highest BCUT2D eigenvalue weighted by atomic mass is 79.9. The van der Waals surface area contributed by atoms with E-state index in [1.54, 1.807) is 18.2 Å². The van der Waals surface area contributed by atoms with Crippen molar-refractivity contribution in [3.8, 4) is 0 Å². The average molecular weight is 306 g/mol. The zero-order valence-corrected chi connectivity index (χ0v) is 11.3. The molecule has 0 spiro atoms. The Balaban J connectivity index is 2.66. The van der Waals surface area contributed by atoms with Crippen LogP contribution >= 0.6 is 27.5 Å². The van der Waals surface area contributed by atoms with Gasteiger partial charge < -0.3 is 11.1 Å². The van der Waals surface area contributed by atoms with Crippen molar-refractivity contribution in [1.82, 2.24) is 0 Å². The molecule has 1 unspecified atom stereocenters. The van der Waals surface area contributed by atoms with Crippen LogP contribution in [-0.2, 0) is 4.79 Å². The molecule has 1 rings (SSSR count). The molecule has 88 valence electrons. The Labute approximate surface area is 108 Å². The Hall–Kier alpha value is -0.580. The predicted molar refractivity (Wildman–Crippen MR) is 70.7 cm³/mol. The average Bonchev–Trinajstić information content (AvgIpc) is 2.24. The van der Waals surface area contributed by atoms with Gasteiger partial charge in [0.1, 0.15) is 0 Å². The van der Waals surface area contributed by atoms with Crippen molar-refractivity contribution < 1.29 is 4.79 Å². The summed E-state index contributed by atoms with van der Waals surface area (Å²) in [7, 11) is 0. The van der Waals surface area contributed by atoms with Crippen molar-refractivity contribution in [2.24, 2.45) is 5.73 Å². The van der Waals surface area contributed by atoms with E-state index in [4.69, 9.17) is 17.3 Å². The van der Waals surface area contributed by atoms with Crippen LogP contribution < -0.4 is 11.1 Å². The second kappa shape index (κ2) is 6.23. The van der Waals surface area contributed by atoms with Crippen molar-refractivity contribution in [1.29, 1.82) is 0 Å². The van der Waals surface area contributed by atoms with Gasteiger partial charge in [-0.1, -0.05) is 24.6 Å². The van der Waals surface area contributed by atoms with Crippen molar-refractivity contribution >= 4 is 39.1 Å². The summed E-state index contributed by atoms with van der Waals surface area (Å²) in [4.78, 5) is 11.6. The van der Waals surface area contributed by atoms with E-state index in [9.17, 15) is 4.79 Å². The molecular weight excluding hydrogens is 291 g/mol. The second-order valence-corrected chi connectivity index (χ2v) is 4.72. The molecule has 1 aromatic rings. The first-order valence-electron chi connectivity index (χ1n) is 5.04. The highest BCUT2D eigenvalue weighted by Crippen LogP contribution is 2.30.